The second-order valence-electron chi connectivity index (χ2n) is 4.18. The Bertz CT molecular complexity index is 735. The Morgan fingerprint density at radius 3 is 2.76 bits per heavy atom. The van der Waals surface area contributed by atoms with Crippen LogP contribution in [-0.4, -0.2) is 16.0 Å². The number of nitrogens with zero attached hydrogens (tertiary/aromatic N) is 2. The summed E-state index contributed by atoms with van der Waals surface area (Å²) in [6, 6.07) is 10.0. The van der Waals surface area contributed by atoms with E-state index in [2.05, 4.69) is 15.5 Å². The number of amides is 1. The average molecular weight is 304 g/mol. The van der Waals surface area contributed by atoms with Crippen molar-refractivity contribution >= 4 is 17.5 Å². The summed E-state index contributed by atoms with van der Waals surface area (Å²) in [7, 11) is 0. The van der Waals surface area contributed by atoms with E-state index < -0.39 is 0 Å². The fourth-order valence-corrected chi connectivity index (χ4v) is 1.81. The van der Waals surface area contributed by atoms with Crippen molar-refractivity contribution in [3.63, 3.8) is 0 Å². The summed E-state index contributed by atoms with van der Waals surface area (Å²) in [5, 5.41) is 7.04. The van der Waals surface area contributed by atoms with Crippen molar-refractivity contribution in [3.8, 4) is 11.7 Å². The molecule has 0 unspecified atom stereocenters. The van der Waals surface area contributed by atoms with Crippen LogP contribution in [0.3, 0.4) is 0 Å². The minimum Gasteiger partial charge on any atom is -0.459 e. The van der Waals surface area contributed by atoms with Crippen molar-refractivity contribution in [1.82, 2.24) is 15.5 Å². The highest BCUT2D eigenvalue weighted by Gasteiger charge is 2.12. The molecule has 3 aromatic rings. The maximum Gasteiger partial charge on any atom is 0.293 e. The molecule has 1 amide bonds. The number of aromatic nitrogens is 2. The van der Waals surface area contributed by atoms with Gasteiger partial charge in [-0.25, -0.2) is 0 Å². The van der Waals surface area contributed by atoms with Gasteiger partial charge in [0.2, 0.25) is 0 Å². The number of carbonyl (C=O) groups excluding carboxylic acids is 1. The molecule has 0 bridgehead atoms. The maximum atomic E-state index is 11.9. The Labute approximate surface area is 124 Å². The molecule has 0 saturated heterocycles. The highest BCUT2D eigenvalue weighted by Crippen LogP contribution is 2.17. The Hall–Kier alpha value is -2.60. The van der Waals surface area contributed by atoms with Gasteiger partial charge in [0.25, 0.3) is 11.8 Å². The van der Waals surface area contributed by atoms with Crippen molar-refractivity contribution in [2.75, 3.05) is 0 Å². The fourth-order valence-electron chi connectivity index (χ4n) is 1.69. The molecular formula is C14H10ClN3O3. The third-order valence-electron chi connectivity index (χ3n) is 2.71. The van der Waals surface area contributed by atoms with Crippen LogP contribution < -0.4 is 5.32 Å². The van der Waals surface area contributed by atoms with Crippen LogP contribution in [0.15, 0.2) is 51.6 Å². The number of halogens is 1. The second kappa shape index (κ2) is 5.80. The van der Waals surface area contributed by atoms with Crippen molar-refractivity contribution in [2.45, 2.75) is 6.54 Å². The van der Waals surface area contributed by atoms with Crippen molar-refractivity contribution in [2.24, 2.45) is 0 Å². The van der Waals surface area contributed by atoms with Crippen molar-refractivity contribution in [3.05, 3.63) is 59.1 Å². The van der Waals surface area contributed by atoms with Crippen LogP contribution in [0.25, 0.3) is 11.7 Å². The van der Waals surface area contributed by atoms with Gasteiger partial charge in [-0.15, -0.1) is 0 Å². The minimum atomic E-state index is -0.240. The highest BCUT2D eigenvalue weighted by molar-refractivity contribution is 6.30. The molecular weight excluding hydrogens is 294 g/mol. The van der Waals surface area contributed by atoms with E-state index in [9.17, 15) is 4.79 Å². The molecule has 0 radical (unpaired) electrons. The second-order valence-corrected chi connectivity index (χ2v) is 4.62. The predicted octanol–water partition coefficient (Wildman–Crippen LogP) is 2.91. The first-order valence-electron chi connectivity index (χ1n) is 6.12. The molecule has 1 N–H and O–H groups in total. The van der Waals surface area contributed by atoms with Gasteiger partial charge < -0.3 is 14.3 Å². The van der Waals surface area contributed by atoms with Gasteiger partial charge >= 0.3 is 0 Å². The van der Waals surface area contributed by atoms with Gasteiger partial charge in [-0.3, -0.25) is 4.79 Å². The van der Waals surface area contributed by atoms with Crippen LogP contribution in [-0.2, 0) is 6.54 Å². The summed E-state index contributed by atoms with van der Waals surface area (Å²) in [4.78, 5) is 16.0. The first kappa shape index (κ1) is 13.4. The smallest absolute Gasteiger partial charge is 0.293 e. The van der Waals surface area contributed by atoms with Gasteiger partial charge in [0.15, 0.2) is 11.6 Å². The van der Waals surface area contributed by atoms with Gasteiger partial charge in [-0.05, 0) is 36.4 Å². The zero-order valence-electron chi connectivity index (χ0n) is 10.7. The van der Waals surface area contributed by atoms with Crippen LogP contribution in [0.4, 0.5) is 0 Å². The molecule has 0 aliphatic carbocycles. The zero-order chi connectivity index (χ0) is 14.7. The predicted molar refractivity (Wildman–Crippen MR) is 74.6 cm³/mol. The molecule has 0 aliphatic heterocycles. The highest BCUT2D eigenvalue weighted by atomic mass is 35.5. The standard InChI is InChI=1S/C14H10ClN3O3/c15-10-5-3-9(4-6-10)13(19)16-8-12-17-14(21-18-12)11-2-1-7-20-11/h1-7H,8H2,(H,16,19). The number of hydrogen-bond donors (Lipinski definition) is 1. The molecule has 21 heavy (non-hydrogen) atoms. The quantitative estimate of drug-likeness (QED) is 0.801. The molecule has 0 spiro atoms. The molecule has 0 fully saturated rings. The van der Waals surface area contributed by atoms with E-state index in [1.54, 1.807) is 36.4 Å². The molecule has 1 aromatic carbocycles. The molecule has 2 aromatic heterocycles. The fraction of sp³-hybridized carbons (Fsp3) is 0.0714. The normalized spacial score (nSPS) is 10.5. The Morgan fingerprint density at radius 1 is 1.24 bits per heavy atom. The van der Waals surface area contributed by atoms with Gasteiger partial charge in [0, 0.05) is 10.6 Å². The summed E-state index contributed by atoms with van der Waals surface area (Å²) in [6.07, 6.45) is 1.52. The van der Waals surface area contributed by atoms with Gasteiger partial charge in [-0.2, -0.15) is 4.98 Å². The number of furan rings is 1. The van der Waals surface area contributed by atoms with Crippen LogP contribution in [0.5, 0.6) is 0 Å². The molecule has 0 atom stereocenters. The number of carbonyl (C=O) groups is 1. The van der Waals surface area contributed by atoms with Crippen molar-refractivity contribution < 1.29 is 13.7 Å². The van der Waals surface area contributed by atoms with Crippen LogP contribution in [0, 0.1) is 0 Å². The summed E-state index contributed by atoms with van der Waals surface area (Å²) >= 11 is 5.77. The van der Waals surface area contributed by atoms with E-state index in [1.165, 1.54) is 6.26 Å². The molecule has 3 rings (SSSR count). The summed E-state index contributed by atoms with van der Waals surface area (Å²) in [5.74, 6) is 0.883. The van der Waals surface area contributed by atoms with E-state index in [1.807, 2.05) is 0 Å². The lowest BCUT2D eigenvalue weighted by Gasteiger charge is -2.02. The zero-order valence-corrected chi connectivity index (χ0v) is 11.5. The monoisotopic (exact) mass is 303 g/mol. The summed E-state index contributed by atoms with van der Waals surface area (Å²) in [6.45, 7) is 0.158. The Morgan fingerprint density at radius 2 is 2.05 bits per heavy atom. The van der Waals surface area contributed by atoms with E-state index >= 15 is 0 Å². The molecule has 0 aliphatic rings. The lowest BCUT2D eigenvalue weighted by Crippen LogP contribution is -2.23. The van der Waals surface area contributed by atoms with Gasteiger partial charge in [0.05, 0.1) is 12.8 Å². The van der Waals surface area contributed by atoms with Gasteiger partial charge in [0.1, 0.15) is 0 Å². The summed E-state index contributed by atoms with van der Waals surface area (Å²) in [5.41, 5.74) is 0.508. The third-order valence-corrected chi connectivity index (χ3v) is 2.97. The first-order valence-corrected chi connectivity index (χ1v) is 6.50. The number of hydrogen-bond acceptors (Lipinski definition) is 5. The minimum absolute atomic E-state index is 0.158. The lowest BCUT2D eigenvalue weighted by atomic mass is 10.2. The SMILES string of the molecule is O=C(NCc1noc(-c2ccco2)n1)c1ccc(Cl)cc1. The molecule has 0 saturated carbocycles. The number of nitrogens with one attached hydrogen (secondary N) is 1. The lowest BCUT2D eigenvalue weighted by molar-refractivity contribution is 0.0949. The molecule has 2 heterocycles. The Kier molecular flexibility index (Phi) is 3.70. The maximum absolute atomic E-state index is 11.9. The van der Waals surface area contributed by atoms with Crippen LogP contribution in [0.1, 0.15) is 16.2 Å². The Balaban J connectivity index is 1.62. The van der Waals surface area contributed by atoms with Crippen molar-refractivity contribution in [1.29, 1.82) is 0 Å². The third kappa shape index (κ3) is 3.11. The first-order chi connectivity index (χ1) is 10.2. The van der Waals surface area contributed by atoms with E-state index in [0.29, 0.717) is 22.2 Å². The number of benzene rings is 1. The largest absolute Gasteiger partial charge is 0.459 e. The van der Waals surface area contributed by atoms with Crippen LogP contribution >= 0.6 is 11.6 Å². The molecule has 106 valence electrons. The van der Waals surface area contributed by atoms with E-state index in [-0.39, 0.29) is 18.3 Å². The average Bonchev–Trinajstić information content (AvgIpc) is 3.16. The van der Waals surface area contributed by atoms with Gasteiger partial charge in [-0.1, -0.05) is 16.8 Å². The van der Waals surface area contributed by atoms with E-state index in [4.69, 9.17) is 20.5 Å². The summed E-state index contributed by atoms with van der Waals surface area (Å²) < 4.78 is 10.2. The van der Waals surface area contributed by atoms with Crippen LogP contribution in [0.2, 0.25) is 5.02 Å². The molecule has 6 nitrogen and oxygen atoms in total. The topological polar surface area (TPSA) is 81.2 Å². The van der Waals surface area contributed by atoms with E-state index in [0.717, 1.165) is 0 Å². The molecule has 7 heteroatoms. The number of rotatable bonds is 4.